The van der Waals surface area contributed by atoms with E-state index in [9.17, 15) is 4.79 Å². The molecule has 1 aromatic carbocycles. The van der Waals surface area contributed by atoms with Crippen molar-refractivity contribution in [2.75, 3.05) is 20.3 Å². The highest BCUT2D eigenvalue weighted by Gasteiger charge is 2.11. The van der Waals surface area contributed by atoms with Gasteiger partial charge in [0.1, 0.15) is 0 Å². The Bertz CT molecular complexity index is 583. The lowest BCUT2D eigenvalue weighted by atomic mass is 10.1. The number of fused-ring (bicyclic) bond motifs is 1. The average molecular weight is 261 g/mol. The highest BCUT2D eigenvalue weighted by atomic mass is 16.5. The van der Waals surface area contributed by atoms with Crippen molar-refractivity contribution in [1.29, 1.82) is 0 Å². The van der Waals surface area contributed by atoms with E-state index >= 15 is 0 Å². The first-order chi connectivity index (χ1) is 9.22. The van der Waals surface area contributed by atoms with Crippen LogP contribution in [-0.4, -0.2) is 36.4 Å². The van der Waals surface area contributed by atoms with Gasteiger partial charge in [-0.3, -0.25) is 0 Å². The minimum absolute atomic E-state index is 0.0135. The molecule has 100 valence electrons. The monoisotopic (exact) mass is 261 g/mol. The number of ether oxygens (including phenoxy) is 2. The summed E-state index contributed by atoms with van der Waals surface area (Å²) in [6, 6.07) is 8.96. The highest BCUT2D eigenvalue weighted by Crippen LogP contribution is 2.24. The predicted molar refractivity (Wildman–Crippen MR) is 70.7 cm³/mol. The topological polar surface area (TPSA) is 68.7 Å². The lowest BCUT2D eigenvalue weighted by Crippen LogP contribution is -2.06. The molecule has 1 N–H and O–H groups in total. The van der Waals surface area contributed by atoms with Gasteiger partial charge in [0.25, 0.3) is 0 Å². The molecular weight excluding hydrogens is 246 g/mol. The number of aromatic carboxylic acids is 1. The first-order valence-corrected chi connectivity index (χ1v) is 5.97. The van der Waals surface area contributed by atoms with Crippen LogP contribution in [0, 0.1) is 0 Å². The van der Waals surface area contributed by atoms with Gasteiger partial charge < -0.3 is 14.6 Å². The molecule has 0 bridgehead atoms. The number of carbonyl (C=O) groups is 1. The van der Waals surface area contributed by atoms with E-state index in [1.807, 2.05) is 24.3 Å². The molecule has 1 heterocycles. The molecule has 0 aliphatic heterocycles. The minimum atomic E-state index is -1.06. The van der Waals surface area contributed by atoms with Crippen LogP contribution in [0.25, 0.3) is 10.8 Å². The van der Waals surface area contributed by atoms with Crippen LogP contribution >= 0.6 is 0 Å². The van der Waals surface area contributed by atoms with Gasteiger partial charge in [-0.05, 0) is 17.5 Å². The zero-order valence-corrected chi connectivity index (χ0v) is 10.6. The molecule has 5 nitrogen and oxygen atoms in total. The fourth-order valence-corrected chi connectivity index (χ4v) is 1.76. The summed E-state index contributed by atoms with van der Waals surface area (Å²) in [5.41, 5.74) is -0.0135. The van der Waals surface area contributed by atoms with Crippen molar-refractivity contribution in [3.63, 3.8) is 0 Å². The smallest absolute Gasteiger partial charge is 0.354 e. The van der Waals surface area contributed by atoms with Crippen LogP contribution in [0.3, 0.4) is 0 Å². The van der Waals surface area contributed by atoms with Crippen LogP contribution in [0.2, 0.25) is 0 Å². The summed E-state index contributed by atoms with van der Waals surface area (Å²) in [4.78, 5) is 15.1. The summed E-state index contributed by atoms with van der Waals surface area (Å²) in [7, 11) is 1.62. The Kier molecular flexibility index (Phi) is 4.30. The third-order valence-corrected chi connectivity index (χ3v) is 2.66. The molecule has 0 aliphatic rings. The Labute approximate surface area is 110 Å². The van der Waals surface area contributed by atoms with Crippen molar-refractivity contribution in [3.8, 4) is 5.88 Å². The average Bonchev–Trinajstić information content (AvgIpc) is 2.43. The number of nitrogens with zero attached hydrogens (tertiary/aromatic N) is 1. The number of benzene rings is 1. The quantitative estimate of drug-likeness (QED) is 0.808. The molecule has 0 amide bonds. The Morgan fingerprint density at radius 2 is 2.11 bits per heavy atom. The van der Waals surface area contributed by atoms with E-state index in [0.717, 1.165) is 17.2 Å². The van der Waals surface area contributed by atoms with Gasteiger partial charge in [0.05, 0.1) is 6.61 Å². The van der Waals surface area contributed by atoms with Gasteiger partial charge in [-0.25, -0.2) is 9.78 Å². The van der Waals surface area contributed by atoms with Gasteiger partial charge in [-0.2, -0.15) is 0 Å². The Morgan fingerprint density at radius 3 is 2.84 bits per heavy atom. The van der Waals surface area contributed by atoms with E-state index in [4.69, 9.17) is 14.6 Å². The van der Waals surface area contributed by atoms with Gasteiger partial charge in [0.2, 0.25) is 5.88 Å². The summed E-state index contributed by atoms with van der Waals surface area (Å²) in [6.07, 6.45) is 0.726. The summed E-state index contributed by atoms with van der Waals surface area (Å²) in [5.74, 6) is -0.709. The van der Waals surface area contributed by atoms with Crippen molar-refractivity contribution in [3.05, 3.63) is 36.0 Å². The first-order valence-electron chi connectivity index (χ1n) is 5.97. The van der Waals surface area contributed by atoms with Crippen LogP contribution in [0.4, 0.5) is 0 Å². The maximum atomic E-state index is 11.0. The molecule has 0 radical (unpaired) electrons. The number of pyridine rings is 1. The lowest BCUT2D eigenvalue weighted by Gasteiger charge is -2.09. The molecule has 0 fully saturated rings. The Balaban J connectivity index is 2.31. The second-order valence-electron chi connectivity index (χ2n) is 4.03. The molecular formula is C14H15NO4. The second-order valence-corrected chi connectivity index (χ2v) is 4.03. The number of aromatic nitrogens is 1. The number of carboxylic acid groups (broad SMARTS) is 1. The molecule has 0 saturated carbocycles. The molecule has 19 heavy (non-hydrogen) atoms. The van der Waals surface area contributed by atoms with Gasteiger partial charge in [0.15, 0.2) is 5.69 Å². The van der Waals surface area contributed by atoms with Crippen LogP contribution in [0.5, 0.6) is 5.88 Å². The number of carboxylic acids is 1. The van der Waals surface area contributed by atoms with E-state index in [1.54, 1.807) is 13.2 Å². The van der Waals surface area contributed by atoms with Gasteiger partial charge in [-0.15, -0.1) is 0 Å². The molecule has 0 spiro atoms. The van der Waals surface area contributed by atoms with E-state index < -0.39 is 5.97 Å². The van der Waals surface area contributed by atoms with Crippen LogP contribution in [-0.2, 0) is 4.74 Å². The normalized spacial score (nSPS) is 10.6. The summed E-state index contributed by atoms with van der Waals surface area (Å²) >= 11 is 0. The lowest BCUT2D eigenvalue weighted by molar-refractivity contribution is 0.0689. The van der Waals surface area contributed by atoms with Gasteiger partial charge in [0, 0.05) is 25.5 Å². The summed E-state index contributed by atoms with van der Waals surface area (Å²) < 4.78 is 10.5. The molecule has 0 atom stereocenters. The van der Waals surface area contributed by atoms with Crippen molar-refractivity contribution >= 4 is 16.7 Å². The summed E-state index contributed by atoms with van der Waals surface area (Å²) in [5, 5.41) is 10.7. The molecule has 2 aromatic rings. The molecule has 1 aromatic heterocycles. The van der Waals surface area contributed by atoms with Gasteiger partial charge >= 0.3 is 5.97 Å². The molecule has 5 heteroatoms. The highest BCUT2D eigenvalue weighted by molar-refractivity contribution is 5.94. The maximum absolute atomic E-state index is 11.0. The zero-order valence-electron chi connectivity index (χ0n) is 10.6. The third-order valence-electron chi connectivity index (χ3n) is 2.66. The van der Waals surface area contributed by atoms with E-state index in [-0.39, 0.29) is 5.69 Å². The zero-order chi connectivity index (χ0) is 13.7. The second kappa shape index (κ2) is 6.15. The molecule has 2 rings (SSSR count). The SMILES string of the molecule is COCCCOc1nc(C(=O)O)cc2ccccc12. The van der Waals surface area contributed by atoms with Crippen molar-refractivity contribution in [2.24, 2.45) is 0 Å². The van der Waals surface area contributed by atoms with Crippen molar-refractivity contribution in [1.82, 2.24) is 4.98 Å². The Morgan fingerprint density at radius 1 is 1.32 bits per heavy atom. The number of methoxy groups -OCH3 is 1. The number of rotatable bonds is 6. The largest absolute Gasteiger partial charge is 0.477 e. The Hall–Kier alpha value is -2.14. The van der Waals surface area contributed by atoms with E-state index in [0.29, 0.717) is 19.1 Å². The standard InChI is InChI=1S/C14H15NO4/c1-18-7-4-8-19-13-11-6-3-2-5-10(11)9-12(15-13)14(16)17/h2-3,5-6,9H,4,7-8H2,1H3,(H,16,17). The van der Waals surface area contributed by atoms with Crippen LogP contribution in [0.15, 0.2) is 30.3 Å². The maximum Gasteiger partial charge on any atom is 0.354 e. The number of hydrogen-bond donors (Lipinski definition) is 1. The molecule has 0 unspecified atom stereocenters. The van der Waals surface area contributed by atoms with Crippen LogP contribution < -0.4 is 4.74 Å². The summed E-state index contributed by atoms with van der Waals surface area (Å²) in [6.45, 7) is 1.03. The van der Waals surface area contributed by atoms with E-state index in [2.05, 4.69) is 4.98 Å². The molecule has 0 aliphatic carbocycles. The fourth-order valence-electron chi connectivity index (χ4n) is 1.76. The van der Waals surface area contributed by atoms with E-state index in [1.165, 1.54) is 0 Å². The predicted octanol–water partition coefficient (Wildman–Crippen LogP) is 2.35. The minimum Gasteiger partial charge on any atom is -0.477 e. The first kappa shape index (κ1) is 13.3. The third kappa shape index (κ3) is 3.20. The number of hydrogen-bond acceptors (Lipinski definition) is 4. The van der Waals surface area contributed by atoms with Crippen molar-refractivity contribution < 1.29 is 19.4 Å². The van der Waals surface area contributed by atoms with Crippen molar-refractivity contribution in [2.45, 2.75) is 6.42 Å². The van der Waals surface area contributed by atoms with Crippen LogP contribution in [0.1, 0.15) is 16.9 Å². The molecule has 0 saturated heterocycles. The van der Waals surface area contributed by atoms with Gasteiger partial charge in [-0.1, -0.05) is 18.2 Å². The fraction of sp³-hybridized carbons (Fsp3) is 0.286.